The fourth-order valence-corrected chi connectivity index (χ4v) is 5.53. The van der Waals surface area contributed by atoms with Crippen LogP contribution in [0.2, 0.25) is 0 Å². The molecule has 2 aromatic rings. The summed E-state index contributed by atoms with van der Waals surface area (Å²) in [6.45, 7) is 5.61. The number of carbonyl (C=O) groups excluding carboxylic acids is 3. The maximum absolute atomic E-state index is 14.1. The van der Waals surface area contributed by atoms with Crippen molar-refractivity contribution in [3.63, 3.8) is 0 Å². The molecule has 0 unspecified atom stereocenters. The molecule has 1 fully saturated rings. The van der Waals surface area contributed by atoms with Crippen molar-refractivity contribution >= 4 is 23.5 Å². The van der Waals surface area contributed by atoms with E-state index in [1.54, 1.807) is 50.1 Å². The van der Waals surface area contributed by atoms with E-state index >= 15 is 0 Å². The number of amides is 2. The molecule has 0 aromatic heterocycles. The molecule has 5 rings (SSSR count). The van der Waals surface area contributed by atoms with Gasteiger partial charge in [0, 0.05) is 17.5 Å². The van der Waals surface area contributed by atoms with Gasteiger partial charge in [0.1, 0.15) is 17.0 Å². The van der Waals surface area contributed by atoms with Gasteiger partial charge in [0.15, 0.2) is 0 Å². The number of aryl methyl sites for hydroxylation is 1. The minimum absolute atomic E-state index is 0.168. The van der Waals surface area contributed by atoms with Gasteiger partial charge >= 0.3 is 5.97 Å². The van der Waals surface area contributed by atoms with Crippen molar-refractivity contribution in [2.75, 3.05) is 25.6 Å². The quantitative estimate of drug-likeness (QED) is 0.723. The third-order valence-corrected chi connectivity index (χ3v) is 7.06. The van der Waals surface area contributed by atoms with Crippen LogP contribution in [0, 0.1) is 18.8 Å². The minimum Gasteiger partial charge on any atom is -0.497 e. The van der Waals surface area contributed by atoms with Crippen LogP contribution >= 0.6 is 0 Å². The number of nitrogens with zero attached hydrogens (tertiary/aromatic N) is 1. The van der Waals surface area contributed by atoms with E-state index < -0.39 is 35.3 Å². The summed E-state index contributed by atoms with van der Waals surface area (Å²) in [5.74, 6) is -1.38. The summed E-state index contributed by atoms with van der Waals surface area (Å²) < 4.78 is 16.8. The van der Waals surface area contributed by atoms with Gasteiger partial charge < -0.3 is 24.4 Å². The molecule has 172 valence electrons. The zero-order valence-electron chi connectivity index (χ0n) is 19.0. The molecule has 1 N–H and O–H groups in total. The number of carbonyl (C=O) groups is 3. The Morgan fingerprint density at radius 1 is 1.24 bits per heavy atom. The number of anilines is 1. The summed E-state index contributed by atoms with van der Waals surface area (Å²) in [6, 6.07) is 10.2. The normalized spacial score (nSPS) is 27.3. The van der Waals surface area contributed by atoms with Crippen LogP contribution in [0.15, 0.2) is 36.4 Å². The molecular formula is C25H26N2O6. The van der Waals surface area contributed by atoms with Crippen LogP contribution in [-0.2, 0) is 14.3 Å². The maximum atomic E-state index is 14.1. The van der Waals surface area contributed by atoms with Crippen LogP contribution < -0.4 is 14.8 Å². The van der Waals surface area contributed by atoms with Crippen LogP contribution in [0.3, 0.4) is 0 Å². The van der Waals surface area contributed by atoms with E-state index in [9.17, 15) is 14.4 Å². The number of hydrogen-bond acceptors (Lipinski definition) is 6. The maximum Gasteiger partial charge on any atom is 0.312 e. The lowest BCUT2D eigenvalue weighted by Gasteiger charge is -2.38. The molecule has 1 saturated heterocycles. The Bertz CT molecular complexity index is 1180. The van der Waals surface area contributed by atoms with E-state index in [0.717, 1.165) is 11.1 Å². The van der Waals surface area contributed by atoms with Gasteiger partial charge in [-0.25, -0.2) is 0 Å². The van der Waals surface area contributed by atoms with E-state index in [-0.39, 0.29) is 19.1 Å². The van der Waals surface area contributed by atoms with Crippen LogP contribution in [0.4, 0.5) is 5.69 Å². The molecule has 0 saturated carbocycles. The first-order valence-electron chi connectivity index (χ1n) is 11.0. The van der Waals surface area contributed by atoms with Gasteiger partial charge in [0.2, 0.25) is 0 Å². The van der Waals surface area contributed by atoms with Crippen LogP contribution in [0.1, 0.15) is 41.4 Å². The first kappa shape index (κ1) is 21.3. The standard InChI is InChI=1S/C25H26N2O6/c1-5-32-23(29)20-17-12-33-19-11-14(31-4)7-8-15(19)21(17)27-22(28)16-10-13(2)6-9-18(16)26-24(30)25(20,27)3/h6-11,17,20-21H,5,12H2,1-4H3,(H,26,30)/t17-,20-,21+,25-/m1/s1. The number of benzene rings is 2. The van der Waals surface area contributed by atoms with Crippen LogP contribution in [0.5, 0.6) is 11.5 Å². The molecule has 3 aliphatic rings. The number of hydrogen-bond donors (Lipinski definition) is 1. The average molecular weight is 450 g/mol. The van der Waals surface area contributed by atoms with Crippen LogP contribution in [-0.4, -0.2) is 48.5 Å². The van der Waals surface area contributed by atoms with Crippen molar-refractivity contribution in [3.8, 4) is 11.5 Å². The second-order valence-corrected chi connectivity index (χ2v) is 8.88. The highest BCUT2D eigenvalue weighted by Gasteiger charge is 2.67. The zero-order valence-corrected chi connectivity index (χ0v) is 19.0. The number of esters is 1. The van der Waals surface area contributed by atoms with Crippen molar-refractivity contribution in [3.05, 3.63) is 53.1 Å². The third-order valence-electron chi connectivity index (χ3n) is 7.06. The molecule has 8 heteroatoms. The summed E-state index contributed by atoms with van der Waals surface area (Å²) in [7, 11) is 1.57. The zero-order chi connectivity index (χ0) is 23.5. The highest BCUT2D eigenvalue weighted by atomic mass is 16.5. The van der Waals surface area contributed by atoms with Crippen LogP contribution in [0.25, 0.3) is 0 Å². The van der Waals surface area contributed by atoms with Gasteiger partial charge in [-0.2, -0.15) is 0 Å². The number of methoxy groups -OCH3 is 1. The minimum atomic E-state index is -1.46. The van der Waals surface area contributed by atoms with Gasteiger partial charge in [0.25, 0.3) is 11.8 Å². The predicted molar refractivity (Wildman–Crippen MR) is 119 cm³/mol. The van der Waals surface area contributed by atoms with Gasteiger partial charge in [0.05, 0.1) is 43.5 Å². The lowest BCUT2D eigenvalue weighted by Crippen LogP contribution is -2.57. The van der Waals surface area contributed by atoms with Gasteiger partial charge in [-0.3, -0.25) is 14.4 Å². The molecule has 0 bridgehead atoms. The Morgan fingerprint density at radius 3 is 2.76 bits per heavy atom. The second kappa shape index (κ2) is 7.50. The second-order valence-electron chi connectivity index (χ2n) is 8.88. The fraction of sp³-hybridized carbons (Fsp3) is 0.400. The monoisotopic (exact) mass is 450 g/mol. The van der Waals surface area contributed by atoms with Crippen molar-refractivity contribution < 1.29 is 28.6 Å². The highest BCUT2D eigenvalue weighted by molar-refractivity contribution is 6.13. The SMILES string of the molecule is CCOC(=O)[C@H]1[C@H]2COc3cc(OC)ccc3[C@@H]2N2C(=O)c3cc(C)ccc3NC(=O)[C@@]12C. The van der Waals surface area contributed by atoms with Crippen molar-refractivity contribution in [2.24, 2.45) is 11.8 Å². The summed E-state index contributed by atoms with van der Waals surface area (Å²) in [6.07, 6.45) is 0. The summed E-state index contributed by atoms with van der Waals surface area (Å²) in [4.78, 5) is 42.6. The van der Waals surface area contributed by atoms with E-state index in [1.807, 2.05) is 19.1 Å². The Kier molecular flexibility index (Phi) is 4.84. The van der Waals surface area contributed by atoms with E-state index in [1.165, 1.54) is 0 Å². The predicted octanol–water partition coefficient (Wildman–Crippen LogP) is 3.10. The lowest BCUT2D eigenvalue weighted by molar-refractivity contribution is -0.155. The van der Waals surface area contributed by atoms with E-state index in [2.05, 4.69) is 5.32 Å². The molecule has 0 radical (unpaired) electrons. The van der Waals surface area contributed by atoms with E-state index in [4.69, 9.17) is 14.2 Å². The molecule has 2 amide bonds. The molecule has 3 heterocycles. The molecule has 8 nitrogen and oxygen atoms in total. The van der Waals surface area contributed by atoms with Crippen molar-refractivity contribution in [2.45, 2.75) is 32.4 Å². The topological polar surface area (TPSA) is 94.2 Å². The molecule has 0 spiro atoms. The Morgan fingerprint density at radius 2 is 2.03 bits per heavy atom. The smallest absolute Gasteiger partial charge is 0.312 e. The summed E-state index contributed by atoms with van der Waals surface area (Å²) in [5, 5.41) is 2.90. The van der Waals surface area contributed by atoms with Gasteiger partial charge in [-0.1, -0.05) is 11.6 Å². The number of ether oxygens (including phenoxy) is 3. The first-order chi connectivity index (χ1) is 15.8. The van der Waals surface area contributed by atoms with Crippen molar-refractivity contribution in [1.82, 2.24) is 4.90 Å². The number of fused-ring (bicyclic) bond motifs is 6. The first-order valence-corrected chi connectivity index (χ1v) is 11.0. The van der Waals surface area contributed by atoms with Gasteiger partial charge in [-0.05, 0) is 45.0 Å². The third kappa shape index (κ3) is 2.93. The lowest BCUT2D eigenvalue weighted by atomic mass is 9.77. The summed E-state index contributed by atoms with van der Waals surface area (Å²) >= 11 is 0. The largest absolute Gasteiger partial charge is 0.497 e. The van der Waals surface area contributed by atoms with Gasteiger partial charge in [-0.15, -0.1) is 0 Å². The molecule has 4 atom stereocenters. The summed E-state index contributed by atoms with van der Waals surface area (Å²) in [5.41, 5.74) is 1.01. The number of nitrogens with one attached hydrogen (secondary N) is 1. The Hall–Kier alpha value is -3.55. The highest BCUT2D eigenvalue weighted by Crippen LogP contribution is 2.57. The average Bonchev–Trinajstić information content (AvgIpc) is 3.05. The van der Waals surface area contributed by atoms with E-state index in [0.29, 0.717) is 22.7 Å². The number of rotatable bonds is 3. The Labute approximate surface area is 191 Å². The molecular weight excluding hydrogens is 424 g/mol. The fourth-order valence-electron chi connectivity index (χ4n) is 5.53. The Balaban J connectivity index is 1.74. The van der Waals surface area contributed by atoms with Crippen molar-refractivity contribution in [1.29, 1.82) is 0 Å². The molecule has 3 aliphatic heterocycles. The molecule has 0 aliphatic carbocycles. The molecule has 2 aromatic carbocycles. The molecule has 33 heavy (non-hydrogen) atoms.